The molecular formula is C15H20F3N. The molecule has 4 heteroatoms. The zero-order chi connectivity index (χ0) is 14.0. The van der Waals surface area contributed by atoms with E-state index in [2.05, 4.69) is 12.2 Å². The second-order valence-corrected chi connectivity index (χ2v) is 5.39. The fourth-order valence-corrected chi connectivity index (χ4v) is 2.66. The Morgan fingerprint density at radius 1 is 1.11 bits per heavy atom. The minimum Gasteiger partial charge on any atom is -0.316 e. The van der Waals surface area contributed by atoms with E-state index in [0.29, 0.717) is 0 Å². The molecule has 1 aliphatic carbocycles. The maximum Gasteiger partial charge on any atom is 0.416 e. The topological polar surface area (TPSA) is 12.0 Å². The second kappa shape index (κ2) is 5.53. The highest BCUT2D eigenvalue weighted by molar-refractivity contribution is 5.24. The molecule has 2 fully saturated rings. The van der Waals surface area contributed by atoms with E-state index in [0.717, 1.165) is 41.9 Å². The second-order valence-electron chi connectivity index (χ2n) is 5.39. The van der Waals surface area contributed by atoms with Gasteiger partial charge in [0, 0.05) is 0 Å². The molecule has 1 heterocycles. The zero-order valence-electron chi connectivity index (χ0n) is 11.3. The maximum atomic E-state index is 12.0. The summed E-state index contributed by atoms with van der Waals surface area (Å²) in [5.41, 5.74) is 0.336. The summed E-state index contributed by atoms with van der Waals surface area (Å²) in [6, 6.07) is 5.23. The van der Waals surface area contributed by atoms with Gasteiger partial charge >= 0.3 is 6.18 Å². The molecule has 2 unspecified atom stereocenters. The number of rotatable bonds is 1. The van der Waals surface area contributed by atoms with Crippen LogP contribution in [-0.2, 0) is 12.6 Å². The third-order valence-electron chi connectivity index (χ3n) is 4.21. The number of nitrogens with one attached hydrogen (secondary N) is 1. The van der Waals surface area contributed by atoms with E-state index in [1.807, 2.05) is 6.92 Å². The van der Waals surface area contributed by atoms with Crippen molar-refractivity contribution in [2.24, 2.45) is 17.8 Å². The van der Waals surface area contributed by atoms with Gasteiger partial charge in [-0.3, -0.25) is 0 Å². The molecule has 3 rings (SSSR count). The molecule has 1 aromatic rings. The third kappa shape index (κ3) is 3.50. The molecule has 19 heavy (non-hydrogen) atoms. The molecule has 2 aliphatic rings. The van der Waals surface area contributed by atoms with Crippen molar-refractivity contribution in [1.29, 1.82) is 0 Å². The highest BCUT2D eigenvalue weighted by Crippen LogP contribution is 2.47. The zero-order valence-corrected chi connectivity index (χ0v) is 11.3. The summed E-state index contributed by atoms with van der Waals surface area (Å²) in [6.45, 7) is 6.86. The molecular weight excluding hydrogens is 251 g/mol. The first-order valence-electron chi connectivity index (χ1n) is 6.80. The maximum absolute atomic E-state index is 12.0. The van der Waals surface area contributed by atoms with Crippen LogP contribution in [0.25, 0.3) is 0 Å². The van der Waals surface area contributed by atoms with Crippen molar-refractivity contribution in [3.05, 3.63) is 35.4 Å². The predicted octanol–water partition coefficient (Wildman–Crippen LogP) is 3.74. The van der Waals surface area contributed by atoms with Gasteiger partial charge in [0.2, 0.25) is 0 Å². The summed E-state index contributed by atoms with van der Waals surface area (Å²) in [6.07, 6.45) is -3.45. The molecule has 1 nitrogen and oxygen atoms in total. The molecule has 1 aliphatic heterocycles. The lowest BCUT2D eigenvalue weighted by Crippen LogP contribution is -2.13. The Balaban J connectivity index is 0.000000159. The molecule has 1 aromatic carbocycles. The lowest BCUT2D eigenvalue weighted by atomic mass is 10.1. The first-order chi connectivity index (χ1) is 8.93. The standard InChI is InChI=1S/C9H9F3.C6H11N/c1-2-7-3-5-8(6-4-7)9(10,11)12;1-4-5-2-7-3-6(4)5/h3-6H,2H2,1H3;4-7H,2-3H2,1H3. The van der Waals surface area contributed by atoms with Crippen molar-refractivity contribution in [3.63, 3.8) is 0 Å². The van der Waals surface area contributed by atoms with Gasteiger partial charge in [-0.05, 0) is 55.0 Å². The van der Waals surface area contributed by atoms with Gasteiger partial charge in [-0.2, -0.15) is 13.2 Å². The van der Waals surface area contributed by atoms with Crippen LogP contribution in [0, 0.1) is 17.8 Å². The number of hydrogen-bond donors (Lipinski definition) is 1. The van der Waals surface area contributed by atoms with Gasteiger partial charge in [0.05, 0.1) is 5.56 Å². The Kier molecular flexibility index (Phi) is 4.19. The number of piperidine rings is 1. The summed E-state index contributed by atoms with van der Waals surface area (Å²) in [5.74, 6) is 3.20. The van der Waals surface area contributed by atoms with Crippen molar-refractivity contribution in [2.75, 3.05) is 13.1 Å². The average molecular weight is 271 g/mol. The molecule has 1 saturated heterocycles. The van der Waals surface area contributed by atoms with Gasteiger partial charge in [-0.15, -0.1) is 0 Å². The van der Waals surface area contributed by atoms with Crippen molar-refractivity contribution in [1.82, 2.24) is 5.32 Å². The Hall–Kier alpha value is -1.03. The lowest BCUT2D eigenvalue weighted by molar-refractivity contribution is -0.137. The molecule has 0 spiro atoms. The van der Waals surface area contributed by atoms with E-state index in [4.69, 9.17) is 0 Å². The minimum atomic E-state index is -4.22. The lowest BCUT2D eigenvalue weighted by Gasteiger charge is -2.06. The quantitative estimate of drug-likeness (QED) is 0.820. The fraction of sp³-hybridized carbons (Fsp3) is 0.600. The van der Waals surface area contributed by atoms with Gasteiger partial charge in [0.25, 0.3) is 0 Å². The normalized spacial score (nSPS) is 28.4. The molecule has 106 valence electrons. The first-order valence-corrected chi connectivity index (χ1v) is 6.80. The number of fused-ring (bicyclic) bond motifs is 1. The van der Waals surface area contributed by atoms with Gasteiger partial charge in [0.15, 0.2) is 0 Å². The summed E-state index contributed by atoms with van der Waals surface area (Å²) in [5, 5.41) is 3.35. The fourth-order valence-electron chi connectivity index (χ4n) is 2.66. The smallest absolute Gasteiger partial charge is 0.316 e. The highest BCUT2D eigenvalue weighted by atomic mass is 19.4. The Morgan fingerprint density at radius 2 is 1.63 bits per heavy atom. The van der Waals surface area contributed by atoms with E-state index < -0.39 is 11.7 Å². The van der Waals surface area contributed by atoms with Crippen molar-refractivity contribution < 1.29 is 13.2 Å². The van der Waals surface area contributed by atoms with Crippen LogP contribution < -0.4 is 5.32 Å². The van der Waals surface area contributed by atoms with Gasteiger partial charge in [-0.1, -0.05) is 26.0 Å². The molecule has 1 N–H and O–H groups in total. The number of halogens is 3. The highest BCUT2D eigenvalue weighted by Gasteiger charge is 2.49. The molecule has 0 bridgehead atoms. The van der Waals surface area contributed by atoms with E-state index in [9.17, 15) is 13.2 Å². The van der Waals surface area contributed by atoms with E-state index in [1.54, 1.807) is 0 Å². The van der Waals surface area contributed by atoms with Crippen LogP contribution in [0.3, 0.4) is 0 Å². The monoisotopic (exact) mass is 271 g/mol. The SMILES string of the molecule is CC1C2CNCC12.CCc1ccc(C(F)(F)F)cc1. The Morgan fingerprint density at radius 3 is 1.95 bits per heavy atom. The number of hydrogen-bond acceptors (Lipinski definition) is 1. The molecule has 1 saturated carbocycles. The predicted molar refractivity (Wildman–Crippen MR) is 69.8 cm³/mol. The van der Waals surface area contributed by atoms with Crippen LogP contribution >= 0.6 is 0 Å². The van der Waals surface area contributed by atoms with E-state index in [1.165, 1.54) is 25.2 Å². The Labute approximate surface area is 112 Å². The first kappa shape index (κ1) is 14.4. The van der Waals surface area contributed by atoms with Crippen LogP contribution in [0.5, 0.6) is 0 Å². The van der Waals surface area contributed by atoms with Crippen molar-refractivity contribution in [2.45, 2.75) is 26.4 Å². The van der Waals surface area contributed by atoms with Crippen LogP contribution in [0.2, 0.25) is 0 Å². The van der Waals surface area contributed by atoms with Gasteiger partial charge in [0.1, 0.15) is 0 Å². The van der Waals surface area contributed by atoms with Crippen molar-refractivity contribution >= 4 is 0 Å². The molecule has 0 radical (unpaired) electrons. The van der Waals surface area contributed by atoms with Crippen LogP contribution in [-0.4, -0.2) is 13.1 Å². The molecule has 2 atom stereocenters. The summed E-state index contributed by atoms with van der Waals surface area (Å²) in [7, 11) is 0. The Bertz CT molecular complexity index is 400. The minimum absolute atomic E-state index is 0.584. The number of aryl methyl sites for hydroxylation is 1. The van der Waals surface area contributed by atoms with Crippen LogP contribution in [0.15, 0.2) is 24.3 Å². The van der Waals surface area contributed by atoms with Crippen LogP contribution in [0.1, 0.15) is 25.0 Å². The largest absolute Gasteiger partial charge is 0.416 e. The average Bonchev–Trinajstić information content (AvgIpc) is 2.82. The summed E-state index contributed by atoms with van der Waals surface area (Å²) < 4.78 is 36.1. The van der Waals surface area contributed by atoms with Crippen LogP contribution in [0.4, 0.5) is 13.2 Å². The van der Waals surface area contributed by atoms with E-state index in [-0.39, 0.29) is 0 Å². The van der Waals surface area contributed by atoms with Gasteiger partial charge < -0.3 is 5.32 Å². The summed E-state index contributed by atoms with van der Waals surface area (Å²) >= 11 is 0. The number of alkyl halides is 3. The molecule has 0 aromatic heterocycles. The van der Waals surface area contributed by atoms with Gasteiger partial charge in [-0.25, -0.2) is 0 Å². The third-order valence-corrected chi connectivity index (χ3v) is 4.21. The summed E-state index contributed by atoms with van der Waals surface area (Å²) in [4.78, 5) is 0. The van der Waals surface area contributed by atoms with Crippen molar-refractivity contribution in [3.8, 4) is 0 Å². The van der Waals surface area contributed by atoms with E-state index >= 15 is 0 Å². The molecule has 0 amide bonds. The number of benzene rings is 1.